The molecule has 3 rings (SSSR count). The van der Waals surface area contributed by atoms with Gasteiger partial charge in [-0.25, -0.2) is 8.78 Å². The molecule has 0 atom stereocenters. The number of halogens is 2. The first-order valence-electron chi connectivity index (χ1n) is 9.38. The van der Waals surface area contributed by atoms with E-state index in [1.54, 1.807) is 4.90 Å². The molecule has 0 bridgehead atoms. The highest BCUT2D eigenvalue weighted by molar-refractivity contribution is 5.79. The lowest BCUT2D eigenvalue weighted by molar-refractivity contribution is -0.138. The van der Waals surface area contributed by atoms with E-state index >= 15 is 0 Å². The van der Waals surface area contributed by atoms with Crippen LogP contribution in [-0.2, 0) is 11.3 Å². The zero-order valence-corrected chi connectivity index (χ0v) is 14.9. The molecule has 3 heterocycles. The van der Waals surface area contributed by atoms with Gasteiger partial charge in [-0.1, -0.05) is 0 Å². The lowest BCUT2D eigenvalue weighted by Gasteiger charge is -2.37. The molecule has 0 radical (unpaired) electrons. The van der Waals surface area contributed by atoms with E-state index in [2.05, 4.69) is 18.2 Å². The third-order valence-electron chi connectivity index (χ3n) is 5.59. The second kappa shape index (κ2) is 8.25. The second-order valence-electron chi connectivity index (χ2n) is 7.19. The van der Waals surface area contributed by atoms with Gasteiger partial charge in [-0.05, 0) is 57.2 Å². The summed E-state index contributed by atoms with van der Waals surface area (Å²) in [4.78, 5) is 16.5. The molecular weight excluding hydrogens is 326 g/mol. The zero-order chi connectivity index (χ0) is 17.8. The number of aromatic nitrogens is 2. The minimum absolute atomic E-state index is 0.00770. The summed E-state index contributed by atoms with van der Waals surface area (Å²) in [6.07, 6.45) is 5.13. The Labute approximate surface area is 148 Å². The average molecular weight is 354 g/mol. The molecule has 2 aliphatic rings. The molecule has 2 saturated heterocycles. The summed E-state index contributed by atoms with van der Waals surface area (Å²) in [6, 6.07) is 0. The van der Waals surface area contributed by atoms with Crippen molar-refractivity contribution in [2.24, 2.45) is 5.92 Å². The normalized spacial score (nSPS) is 21.2. The molecule has 5 nitrogen and oxygen atoms in total. The Balaban J connectivity index is 1.45. The first kappa shape index (κ1) is 18.3. The van der Waals surface area contributed by atoms with Crippen LogP contribution in [-0.4, -0.2) is 64.6 Å². The van der Waals surface area contributed by atoms with E-state index in [0.717, 1.165) is 32.5 Å². The maximum absolute atomic E-state index is 12.7. The highest BCUT2D eigenvalue weighted by Crippen LogP contribution is 2.29. The second-order valence-corrected chi connectivity index (χ2v) is 7.19. The molecule has 25 heavy (non-hydrogen) atoms. The van der Waals surface area contributed by atoms with Crippen LogP contribution in [0.4, 0.5) is 8.78 Å². The fourth-order valence-electron chi connectivity index (χ4n) is 4.01. The van der Waals surface area contributed by atoms with Gasteiger partial charge in [0, 0.05) is 31.7 Å². The van der Waals surface area contributed by atoms with Gasteiger partial charge in [0.25, 0.3) is 6.43 Å². The first-order chi connectivity index (χ1) is 12.1. The molecule has 2 fully saturated rings. The summed E-state index contributed by atoms with van der Waals surface area (Å²) >= 11 is 0. The van der Waals surface area contributed by atoms with E-state index < -0.39 is 6.43 Å². The third kappa shape index (κ3) is 4.57. The maximum atomic E-state index is 12.7. The van der Waals surface area contributed by atoms with Crippen LogP contribution in [0.15, 0.2) is 12.4 Å². The summed E-state index contributed by atoms with van der Waals surface area (Å²) in [5.74, 6) is 0.713. The molecule has 1 amide bonds. The fourth-order valence-corrected chi connectivity index (χ4v) is 4.01. The van der Waals surface area contributed by atoms with Crippen LogP contribution in [0, 0.1) is 5.92 Å². The van der Waals surface area contributed by atoms with Crippen molar-refractivity contribution in [2.45, 2.75) is 51.5 Å². The minimum Gasteiger partial charge on any atom is -0.342 e. The van der Waals surface area contributed by atoms with Crippen LogP contribution in [0.5, 0.6) is 0 Å². The first-order valence-corrected chi connectivity index (χ1v) is 9.38. The molecule has 0 N–H and O–H groups in total. The largest absolute Gasteiger partial charge is 0.342 e. The number of hydrogen-bond donors (Lipinski definition) is 0. The number of amides is 1. The molecule has 1 aromatic heterocycles. The summed E-state index contributed by atoms with van der Waals surface area (Å²) in [6.45, 7) is 5.57. The standard InChI is InChI=1S/C18H28F2N4O/c1-2-24-12-16(11-21-24)14-5-9-23(10-6-14)18(25)15-3-7-22(8-4-15)13-17(19)20/h11-12,14-15,17H,2-10,13H2,1H3. The van der Waals surface area contributed by atoms with E-state index in [1.165, 1.54) is 5.56 Å². The van der Waals surface area contributed by atoms with Crippen molar-refractivity contribution in [3.63, 3.8) is 0 Å². The van der Waals surface area contributed by atoms with E-state index in [4.69, 9.17) is 0 Å². The minimum atomic E-state index is -2.29. The molecule has 0 spiro atoms. The van der Waals surface area contributed by atoms with Gasteiger partial charge in [-0.15, -0.1) is 0 Å². The molecular formula is C18H28F2N4O. The number of piperidine rings is 2. The van der Waals surface area contributed by atoms with Crippen molar-refractivity contribution in [1.82, 2.24) is 19.6 Å². The Morgan fingerprint density at radius 3 is 2.44 bits per heavy atom. The number of carbonyl (C=O) groups is 1. The molecule has 1 aromatic rings. The predicted octanol–water partition coefficient (Wildman–Crippen LogP) is 2.59. The van der Waals surface area contributed by atoms with Crippen LogP contribution in [0.25, 0.3) is 0 Å². The van der Waals surface area contributed by atoms with Crippen LogP contribution in [0.3, 0.4) is 0 Å². The Morgan fingerprint density at radius 1 is 1.20 bits per heavy atom. The van der Waals surface area contributed by atoms with E-state index in [0.29, 0.717) is 31.8 Å². The van der Waals surface area contributed by atoms with Crippen molar-refractivity contribution in [3.8, 4) is 0 Å². The Morgan fingerprint density at radius 2 is 1.88 bits per heavy atom. The number of carbonyl (C=O) groups excluding carboxylic acids is 1. The van der Waals surface area contributed by atoms with Gasteiger partial charge in [0.05, 0.1) is 12.7 Å². The van der Waals surface area contributed by atoms with Gasteiger partial charge in [0.15, 0.2) is 0 Å². The van der Waals surface area contributed by atoms with Gasteiger partial charge in [0.1, 0.15) is 0 Å². The summed E-state index contributed by atoms with van der Waals surface area (Å²) < 4.78 is 26.8. The number of rotatable bonds is 5. The summed E-state index contributed by atoms with van der Waals surface area (Å²) in [5.41, 5.74) is 1.27. The monoisotopic (exact) mass is 354 g/mol. The lowest BCUT2D eigenvalue weighted by Crippen LogP contribution is -2.45. The molecule has 7 heteroatoms. The Bertz CT molecular complexity index is 561. The predicted molar refractivity (Wildman–Crippen MR) is 91.6 cm³/mol. The number of alkyl halides is 2. The summed E-state index contributed by atoms with van der Waals surface area (Å²) in [5, 5.41) is 4.34. The molecule has 0 aliphatic carbocycles. The van der Waals surface area contributed by atoms with Gasteiger partial charge in [0.2, 0.25) is 5.91 Å². The van der Waals surface area contributed by atoms with Gasteiger partial charge >= 0.3 is 0 Å². The van der Waals surface area contributed by atoms with Crippen LogP contribution in [0.1, 0.15) is 44.1 Å². The number of nitrogens with zero attached hydrogens (tertiary/aromatic N) is 4. The lowest BCUT2D eigenvalue weighted by atomic mass is 9.89. The van der Waals surface area contributed by atoms with E-state index in [-0.39, 0.29) is 18.4 Å². The molecule has 140 valence electrons. The van der Waals surface area contributed by atoms with Crippen molar-refractivity contribution in [1.29, 1.82) is 0 Å². The fraction of sp³-hybridized carbons (Fsp3) is 0.778. The molecule has 0 aromatic carbocycles. The van der Waals surface area contributed by atoms with E-state index in [9.17, 15) is 13.6 Å². The Kier molecular flexibility index (Phi) is 6.04. The zero-order valence-electron chi connectivity index (χ0n) is 14.9. The average Bonchev–Trinajstić information content (AvgIpc) is 3.11. The molecule has 2 aliphatic heterocycles. The highest BCUT2D eigenvalue weighted by atomic mass is 19.3. The van der Waals surface area contributed by atoms with Crippen LogP contribution in [0.2, 0.25) is 0 Å². The number of hydrogen-bond acceptors (Lipinski definition) is 3. The van der Waals surface area contributed by atoms with Gasteiger partial charge in [-0.2, -0.15) is 5.10 Å². The number of likely N-dealkylation sites (tertiary alicyclic amines) is 2. The van der Waals surface area contributed by atoms with Gasteiger partial charge < -0.3 is 4.90 Å². The quantitative estimate of drug-likeness (QED) is 0.816. The van der Waals surface area contributed by atoms with Crippen molar-refractivity contribution >= 4 is 5.91 Å². The third-order valence-corrected chi connectivity index (χ3v) is 5.59. The van der Waals surface area contributed by atoms with E-state index in [1.807, 2.05) is 15.8 Å². The van der Waals surface area contributed by atoms with Crippen LogP contribution < -0.4 is 0 Å². The van der Waals surface area contributed by atoms with Crippen molar-refractivity contribution < 1.29 is 13.6 Å². The SMILES string of the molecule is CCn1cc(C2CCN(C(=O)C3CCN(CC(F)F)CC3)CC2)cn1. The highest BCUT2D eigenvalue weighted by Gasteiger charge is 2.31. The maximum Gasteiger partial charge on any atom is 0.251 e. The molecule has 0 saturated carbocycles. The van der Waals surface area contributed by atoms with Crippen molar-refractivity contribution in [2.75, 3.05) is 32.7 Å². The summed E-state index contributed by atoms with van der Waals surface area (Å²) in [7, 11) is 0. The molecule has 0 unspecified atom stereocenters. The van der Waals surface area contributed by atoms with Gasteiger partial charge in [-0.3, -0.25) is 14.4 Å². The number of aryl methyl sites for hydroxylation is 1. The van der Waals surface area contributed by atoms with Crippen molar-refractivity contribution in [3.05, 3.63) is 18.0 Å². The van der Waals surface area contributed by atoms with Crippen LogP contribution >= 0.6 is 0 Å². The Hall–Kier alpha value is -1.50. The smallest absolute Gasteiger partial charge is 0.251 e. The topological polar surface area (TPSA) is 41.4 Å².